The first-order valence-corrected chi connectivity index (χ1v) is 10.0. The zero-order valence-electron chi connectivity index (χ0n) is 15.9. The van der Waals surface area contributed by atoms with E-state index in [2.05, 4.69) is 15.2 Å². The highest BCUT2D eigenvalue weighted by Crippen LogP contribution is 2.42. The van der Waals surface area contributed by atoms with Crippen LogP contribution in [-0.4, -0.2) is 42.8 Å². The summed E-state index contributed by atoms with van der Waals surface area (Å²) in [5, 5.41) is 2.96. The second kappa shape index (κ2) is 6.22. The molecular weight excluding hydrogens is 370 g/mol. The first-order valence-electron chi connectivity index (χ1n) is 10.0. The molecule has 4 heterocycles. The number of hydrogen-bond donors (Lipinski definition) is 1. The summed E-state index contributed by atoms with van der Waals surface area (Å²) in [6.45, 7) is 3.14. The number of rotatable bonds is 3. The predicted molar refractivity (Wildman–Crippen MR) is 108 cm³/mol. The number of hydrogen-bond acceptors (Lipinski definition) is 6. The van der Waals surface area contributed by atoms with Gasteiger partial charge >= 0.3 is 0 Å². The molecule has 0 radical (unpaired) electrons. The summed E-state index contributed by atoms with van der Waals surface area (Å²) in [7, 11) is 0. The van der Waals surface area contributed by atoms with Crippen LogP contribution in [0.25, 0.3) is 11.1 Å². The minimum atomic E-state index is -0.146. The summed E-state index contributed by atoms with van der Waals surface area (Å²) in [5.41, 5.74) is 3.90. The summed E-state index contributed by atoms with van der Waals surface area (Å²) in [4.78, 5) is 19.6. The Kier molecular flexibility index (Phi) is 3.61. The standard InChI is InChI=1S/C22H21N3O4/c26-20(15-1-3-18-14(11-15)5-9-28-18)23-16-2-4-19-17(12-16)24-21(29-19)25-8-6-22(25)7-10-27-13-22/h1-4,11-12H,5-10,13H2,(H,23,26). The van der Waals surface area contributed by atoms with Crippen LogP contribution in [0.2, 0.25) is 0 Å². The van der Waals surface area contributed by atoms with E-state index in [-0.39, 0.29) is 11.4 Å². The molecule has 3 aliphatic rings. The number of benzene rings is 2. The molecule has 1 unspecified atom stereocenters. The van der Waals surface area contributed by atoms with Crippen molar-refractivity contribution in [2.24, 2.45) is 0 Å². The molecule has 1 aromatic heterocycles. The van der Waals surface area contributed by atoms with Crippen molar-refractivity contribution in [2.45, 2.75) is 24.8 Å². The molecule has 3 aliphatic heterocycles. The Morgan fingerprint density at radius 3 is 2.93 bits per heavy atom. The number of ether oxygens (including phenoxy) is 2. The van der Waals surface area contributed by atoms with Crippen LogP contribution >= 0.6 is 0 Å². The van der Waals surface area contributed by atoms with E-state index in [4.69, 9.17) is 13.9 Å². The summed E-state index contributed by atoms with van der Waals surface area (Å²) < 4.78 is 17.1. The van der Waals surface area contributed by atoms with Gasteiger partial charge < -0.3 is 24.1 Å². The smallest absolute Gasteiger partial charge is 0.298 e. The molecule has 29 heavy (non-hydrogen) atoms. The number of carbonyl (C=O) groups excluding carboxylic acids is 1. The fraction of sp³-hybridized carbons (Fsp3) is 0.364. The fourth-order valence-electron chi connectivity index (χ4n) is 4.48. The van der Waals surface area contributed by atoms with Crippen molar-refractivity contribution in [2.75, 3.05) is 36.6 Å². The molecule has 2 aromatic carbocycles. The zero-order valence-corrected chi connectivity index (χ0v) is 15.9. The largest absolute Gasteiger partial charge is 0.493 e. The number of aromatic nitrogens is 1. The van der Waals surface area contributed by atoms with Crippen molar-refractivity contribution < 1.29 is 18.7 Å². The van der Waals surface area contributed by atoms with Crippen molar-refractivity contribution in [3.8, 4) is 5.75 Å². The lowest BCUT2D eigenvalue weighted by atomic mass is 9.84. The Balaban J connectivity index is 1.23. The quantitative estimate of drug-likeness (QED) is 0.738. The van der Waals surface area contributed by atoms with Crippen LogP contribution in [0, 0.1) is 0 Å². The minimum absolute atomic E-state index is 0.0508. The van der Waals surface area contributed by atoms with Gasteiger partial charge in [0.15, 0.2) is 5.58 Å². The number of nitrogens with zero attached hydrogens (tertiary/aromatic N) is 2. The van der Waals surface area contributed by atoms with Crippen LogP contribution in [0.4, 0.5) is 11.7 Å². The van der Waals surface area contributed by atoms with Crippen LogP contribution in [0.15, 0.2) is 40.8 Å². The third-order valence-corrected chi connectivity index (χ3v) is 6.27. The van der Waals surface area contributed by atoms with Crippen LogP contribution < -0.4 is 15.0 Å². The molecule has 1 atom stereocenters. The van der Waals surface area contributed by atoms with E-state index in [0.717, 1.165) is 55.9 Å². The monoisotopic (exact) mass is 391 g/mol. The van der Waals surface area contributed by atoms with E-state index in [1.807, 2.05) is 30.3 Å². The second-order valence-corrected chi connectivity index (χ2v) is 7.98. The van der Waals surface area contributed by atoms with Gasteiger partial charge in [-0.1, -0.05) is 0 Å². The Hall–Kier alpha value is -3.06. The van der Waals surface area contributed by atoms with Crippen molar-refractivity contribution in [1.29, 1.82) is 0 Å². The average Bonchev–Trinajstić information content (AvgIpc) is 3.45. The van der Waals surface area contributed by atoms with Gasteiger partial charge in [0.05, 0.1) is 18.8 Å². The van der Waals surface area contributed by atoms with Gasteiger partial charge in [-0.2, -0.15) is 4.98 Å². The number of nitrogens with one attached hydrogen (secondary N) is 1. The second-order valence-electron chi connectivity index (χ2n) is 7.98. The van der Waals surface area contributed by atoms with Crippen LogP contribution in [0.3, 0.4) is 0 Å². The van der Waals surface area contributed by atoms with Gasteiger partial charge in [0.1, 0.15) is 11.3 Å². The summed E-state index contributed by atoms with van der Waals surface area (Å²) >= 11 is 0. The number of fused-ring (bicyclic) bond motifs is 2. The Bertz CT molecular complexity index is 1120. The Morgan fingerprint density at radius 1 is 1.14 bits per heavy atom. The molecule has 6 rings (SSSR count). The van der Waals surface area contributed by atoms with E-state index >= 15 is 0 Å². The lowest BCUT2D eigenvalue weighted by Crippen LogP contribution is -2.61. The molecular formula is C22H21N3O4. The molecule has 1 amide bonds. The van der Waals surface area contributed by atoms with Gasteiger partial charge in [-0.15, -0.1) is 0 Å². The molecule has 2 fully saturated rings. The first-order chi connectivity index (χ1) is 14.2. The maximum Gasteiger partial charge on any atom is 0.298 e. The predicted octanol–water partition coefficient (Wildman–Crippen LogP) is 3.38. The van der Waals surface area contributed by atoms with E-state index in [9.17, 15) is 4.79 Å². The Morgan fingerprint density at radius 2 is 2.10 bits per heavy atom. The van der Waals surface area contributed by atoms with Crippen LogP contribution in [0.1, 0.15) is 28.8 Å². The van der Waals surface area contributed by atoms with Crippen LogP contribution in [-0.2, 0) is 11.2 Å². The molecule has 1 spiro atoms. The molecule has 0 bridgehead atoms. The Labute approximate surface area is 167 Å². The number of anilines is 2. The molecule has 1 N–H and O–H groups in total. The maximum absolute atomic E-state index is 12.7. The number of carbonyl (C=O) groups is 1. The molecule has 7 nitrogen and oxygen atoms in total. The lowest BCUT2D eigenvalue weighted by Gasteiger charge is -2.48. The SMILES string of the molecule is O=C(Nc1ccc2oc(N3CCC34CCOC4)nc2c1)c1ccc2c(c1)CCO2. The van der Waals surface area contributed by atoms with Gasteiger partial charge in [0.25, 0.3) is 11.9 Å². The van der Waals surface area contributed by atoms with E-state index < -0.39 is 0 Å². The third-order valence-electron chi connectivity index (χ3n) is 6.27. The number of amides is 1. The topological polar surface area (TPSA) is 76.8 Å². The third kappa shape index (κ3) is 2.68. The highest BCUT2D eigenvalue weighted by Gasteiger charge is 2.49. The van der Waals surface area contributed by atoms with Crippen molar-refractivity contribution in [3.05, 3.63) is 47.5 Å². The summed E-state index contributed by atoms with van der Waals surface area (Å²) in [6.07, 6.45) is 2.96. The fourth-order valence-corrected chi connectivity index (χ4v) is 4.48. The van der Waals surface area contributed by atoms with Gasteiger partial charge in [-0.3, -0.25) is 4.79 Å². The van der Waals surface area contributed by atoms with Crippen molar-refractivity contribution in [1.82, 2.24) is 4.98 Å². The van der Waals surface area contributed by atoms with Gasteiger partial charge in [-0.25, -0.2) is 0 Å². The van der Waals surface area contributed by atoms with E-state index in [1.54, 1.807) is 6.07 Å². The molecule has 2 saturated heterocycles. The maximum atomic E-state index is 12.7. The van der Waals surface area contributed by atoms with Crippen molar-refractivity contribution >= 4 is 28.7 Å². The molecule has 148 valence electrons. The van der Waals surface area contributed by atoms with Crippen molar-refractivity contribution in [3.63, 3.8) is 0 Å². The zero-order chi connectivity index (χ0) is 19.4. The van der Waals surface area contributed by atoms with Gasteiger partial charge in [0.2, 0.25) is 0 Å². The summed E-state index contributed by atoms with van der Waals surface area (Å²) in [6, 6.07) is 11.7. The highest BCUT2D eigenvalue weighted by atomic mass is 16.5. The highest BCUT2D eigenvalue weighted by molar-refractivity contribution is 6.05. The lowest BCUT2D eigenvalue weighted by molar-refractivity contribution is 0.102. The van der Waals surface area contributed by atoms with E-state index in [0.29, 0.717) is 29.5 Å². The number of oxazole rings is 1. The average molecular weight is 391 g/mol. The molecule has 7 heteroatoms. The van der Waals surface area contributed by atoms with E-state index in [1.165, 1.54) is 0 Å². The molecule has 3 aromatic rings. The molecule has 0 saturated carbocycles. The minimum Gasteiger partial charge on any atom is -0.493 e. The summed E-state index contributed by atoms with van der Waals surface area (Å²) in [5.74, 6) is 0.724. The van der Waals surface area contributed by atoms with Gasteiger partial charge in [0, 0.05) is 30.8 Å². The first kappa shape index (κ1) is 16.9. The molecule has 0 aliphatic carbocycles. The normalized spacial score (nSPS) is 22.6. The van der Waals surface area contributed by atoms with Crippen LogP contribution in [0.5, 0.6) is 5.75 Å². The van der Waals surface area contributed by atoms with Gasteiger partial charge in [-0.05, 0) is 54.8 Å².